The molecule has 0 aliphatic carbocycles. The summed E-state index contributed by atoms with van der Waals surface area (Å²) in [6, 6.07) is 9.15. The fourth-order valence-electron chi connectivity index (χ4n) is 1.45. The van der Waals surface area contributed by atoms with Gasteiger partial charge in [-0.05, 0) is 18.6 Å². The van der Waals surface area contributed by atoms with Gasteiger partial charge in [-0.2, -0.15) is 0 Å². The van der Waals surface area contributed by atoms with Gasteiger partial charge in [0.2, 0.25) is 15.9 Å². The van der Waals surface area contributed by atoms with Crippen LogP contribution in [-0.2, 0) is 14.8 Å². The number of carbonyl (C=O) groups excluding carboxylic acids is 1. The lowest BCUT2D eigenvalue weighted by molar-refractivity contribution is -0.129. The minimum Gasteiger partial charge on any atom is -0.346 e. The van der Waals surface area contributed by atoms with Crippen LogP contribution in [0.15, 0.2) is 35.7 Å². The molecule has 20 heavy (non-hydrogen) atoms. The normalized spacial score (nSPS) is 11.7. The summed E-state index contributed by atoms with van der Waals surface area (Å²) in [4.78, 5) is 13.1. The Morgan fingerprint density at radius 2 is 1.95 bits per heavy atom. The van der Waals surface area contributed by atoms with Gasteiger partial charge in [-0.15, -0.1) is 0 Å². The van der Waals surface area contributed by atoms with Crippen LogP contribution >= 0.6 is 0 Å². The molecule has 1 rings (SSSR count). The van der Waals surface area contributed by atoms with E-state index in [1.54, 1.807) is 11.9 Å². The van der Waals surface area contributed by atoms with Gasteiger partial charge in [-0.1, -0.05) is 30.3 Å². The molecule has 0 fully saturated rings. The van der Waals surface area contributed by atoms with Crippen LogP contribution in [0.3, 0.4) is 0 Å². The van der Waals surface area contributed by atoms with Gasteiger partial charge in [0.1, 0.15) is 0 Å². The summed E-state index contributed by atoms with van der Waals surface area (Å²) in [6.45, 7) is 2.58. The molecule has 0 bridgehead atoms. The first-order valence-corrected chi connectivity index (χ1v) is 7.96. The van der Waals surface area contributed by atoms with Gasteiger partial charge in [-0.25, -0.2) is 13.1 Å². The van der Waals surface area contributed by atoms with E-state index in [0.29, 0.717) is 6.54 Å². The van der Waals surface area contributed by atoms with Crippen LogP contribution in [-0.4, -0.2) is 39.4 Å². The van der Waals surface area contributed by atoms with Crippen LogP contribution in [0, 0.1) is 0 Å². The molecule has 1 aromatic rings. The standard InChI is InChI=1S/C14H20N2O3S/c1-3-16(2)14(17)9-11-15-20(18,19)12-10-13-7-5-4-6-8-13/h4-8,10,12,15H,3,9,11H2,1-2H3/b12-10+. The summed E-state index contributed by atoms with van der Waals surface area (Å²) in [5.41, 5.74) is 0.805. The number of carbonyl (C=O) groups is 1. The van der Waals surface area contributed by atoms with Crippen LogP contribution in [0.5, 0.6) is 0 Å². The van der Waals surface area contributed by atoms with E-state index in [4.69, 9.17) is 0 Å². The second-order valence-corrected chi connectivity index (χ2v) is 5.96. The molecule has 0 saturated carbocycles. The van der Waals surface area contributed by atoms with Gasteiger partial charge >= 0.3 is 0 Å². The first kappa shape index (κ1) is 16.4. The number of amides is 1. The second-order valence-electron chi connectivity index (χ2n) is 4.31. The maximum absolute atomic E-state index is 11.7. The molecule has 0 aromatic heterocycles. The monoisotopic (exact) mass is 296 g/mol. The smallest absolute Gasteiger partial charge is 0.233 e. The van der Waals surface area contributed by atoms with Gasteiger partial charge in [0.05, 0.1) is 0 Å². The highest BCUT2D eigenvalue weighted by Crippen LogP contribution is 2.02. The van der Waals surface area contributed by atoms with Crippen molar-refractivity contribution in [2.75, 3.05) is 20.1 Å². The molecule has 0 saturated heterocycles. The molecular formula is C14H20N2O3S. The molecule has 0 aliphatic rings. The van der Waals surface area contributed by atoms with Gasteiger partial charge in [0.15, 0.2) is 0 Å². The lowest BCUT2D eigenvalue weighted by Gasteiger charge is -2.13. The van der Waals surface area contributed by atoms with Crippen LogP contribution in [0.25, 0.3) is 6.08 Å². The van der Waals surface area contributed by atoms with E-state index in [9.17, 15) is 13.2 Å². The second kappa shape index (κ2) is 7.81. The summed E-state index contributed by atoms with van der Waals surface area (Å²) in [7, 11) is -1.82. The molecule has 0 aliphatic heterocycles. The average molecular weight is 296 g/mol. The van der Waals surface area contributed by atoms with Crippen molar-refractivity contribution in [2.45, 2.75) is 13.3 Å². The van der Waals surface area contributed by atoms with Crippen molar-refractivity contribution in [3.8, 4) is 0 Å². The number of nitrogens with one attached hydrogen (secondary N) is 1. The topological polar surface area (TPSA) is 66.5 Å². The van der Waals surface area contributed by atoms with Crippen molar-refractivity contribution in [3.05, 3.63) is 41.3 Å². The lowest BCUT2D eigenvalue weighted by Crippen LogP contribution is -2.31. The number of hydrogen-bond donors (Lipinski definition) is 1. The van der Waals surface area contributed by atoms with Crippen molar-refractivity contribution >= 4 is 22.0 Å². The third-order valence-corrected chi connectivity index (χ3v) is 3.88. The zero-order valence-electron chi connectivity index (χ0n) is 11.7. The third-order valence-electron chi connectivity index (χ3n) is 2.78. The zero-order valence-corrected chi connectivity index (χ0v) is 12.6. The molecule has 110 valence electrons. The van der Waals surface area contributed by atoms with E-state index in [2.05, 4.69) is 4.72 Å². The average Bonchev–Trinajstić information content (AvgIpc) is 2.45. The van der Waals surface area contributed by atoms with Crippen molar-refractivity contribution in [1.82, 2.24) is 9.62 Å². The van der Waals surface area contributed by atoms with E-state index in [-0.39, 0.29) is 18.9 Å². The molecule has 0 radical (unpaired) electrons. The molecule has 1 amide bonds. The van der Waals surface area contributed by atoms with E-state index in [1.807, 2.05) is 37.3 Å². The minimum absolute atomic E-state index is 0.0813. The Bertz CT molecular complexity index is 553. The summed E-state index contributed by atoms with van der Waals surface area (Å²) in [5.74, 6) is -0.0813. The maximum atomic E-state index is 11.7. The number of rotatable bonds is 7. The summed E-state index contributed by atoms with van der Waals surface area (Å²) < 4.78 is 25.8. The van der Waals surface area contributed by atoms with Gasteiger partial charge in [0.25, 0.3) is 0 Å². The van der Waals surface area contributed by atoms with E-state index < -0.39 is 10.0 Å². The Hall–Kier alpha value is -1.66. The molecule has 5 nitrogen and oxygen atoms in total. The van der Waals surface area contributed by atoms with Crippen molar-refractivity contribution in [1.29, 1.82) is 0 Å². The van der Waals surface area contributed by atoms with Gasteiger partial charge in [0, 0.05) is 32.0 Å². The molecule has 0 heterocycles. The Morgan fingerprint density at radius 1 is 1.30 bits per heavy atom. The highest BCUT2D eigenvalue weighted by Gasteiger charge is 2.09. The van der Waals surface area contributed by atoms with Crippen molar-refractivity contribution in [3.63, 3.8) is 0 Å². The number of hydrogen-bond acceptors (Lipinski definition) is 3. The zero-order chi connectivity index (χ0) is 15.0. The molecule has 1 N–H and O–H groups in total. The lowest BCUT2D eigenvalue weighted by atomic mass is 10.2. The highest BCUT2D eigenvalue weighted by molar-refractivity contribution is 7.92. The number of nitrogens with zero attached hydrogens (tertiary/aromatic N) is 1. The van der Waals surface area contributed by atoms with Crippen LogP contribution in [0.2, 0.25) is 0 Å². The first-order valence-electron chi connectivity index (χ1n) is 6.41. The third kappa shape index (κ3) is 5.99. The van der Waals surface area contributed by atoms with Crippen LogP contribution in [0.4, 0.5) is 0 Å². The molecule has 0 atom stereocenters. The van der Waals surface area contributed by atoms with Crippen molar-refractivity contribution < 1.29 is 13.2 Å². The quantitative estimate of drug-likeness (QED) is 0.828. The molecule has 0 unspecified atom stereocenters. The Balaban J connectivity index is 2.47. The number of sulfonamides is 1. The SMILES string of the molecule is CCN(C)C(=O)CCNS(=O)(=O)/C=C/c1ccccc1. The maximum Gasteiger partial charge on any atom is 0.233 e. The predicted octanol–water partition coefficient (Wildman–Crippen LogP) is 1.45. The highest BCUT2D eigenvalue weighted by atomic mass is 32.2. The van der Waals surface area contributed by atoms with E-state index in [1.165, 1.54) is 6.08 Å². The summed E-state index contributed by atoms with van der Waals surface area (Å²) >= 11 is 0. The fourth-order valence-corrected chi connectivity index (χ4v) is 2.27. The van der Waals surface area contributed by atoms with Crippen molar-refractivity contribution in [2.24, 2.45) is 0 Å². The van der Waals surface area contributed by atoms with E-state index in [0.717, 1.165) is 11.0 Å². The minimum atomic E-state index is -3.51. The van der Waals surface area contributed by atoms with Crippen LogP contribution in [0.1, 0.15) is 18.9 Å². The fraction of sp³-hybridized carbons (Fsp3) is 0.357. The van der Waals surface area contributed by atoms with Gasteiger partial charge in [-0.3, -0.25) is 4.79 Å². The molecular weight excluding hydrogens is 276 g/mol. The first-order chi connectivity index (χ1) is 9.44. The summed E-state index contributed by atoms with van der Waals surface area (Å²) in [5, 5.41) is 1.11. The number of benzene rings is 1. The molecule has 0 spiro atoms. The largest absolute Gasteiger partial charge is 0.346 e. The van der Waals surface area contributed by atoms with E-state index >= 15 is 0 Å². The summed E-state index contributed by atoms with van der Waals surface area (Å²) in [6.07, 6.45) is 1.67. The predicted molar refractivity (Wildman–Crippen MR) is 80.3 cm³/mol. The Kier molecular flexibility index (Phi) is 6.41. The van der Waals surface area contributed by atoms with Crippen LogP contribution < -0.4 is 4.72 Å². The molecule has 6 heteroatoms. The Morgan fingerprint density at radius 3 is 2.55 bits per heavy atom. The Labute approximate surface area is 120 Å². The molecule has 1 aromatic carbocycles. The van der Waals surface area contributed by atoms with Gasteiger partial charge < -0.3 is 4.90 Å².